The van der Waals surface area contributed by atoms with Crippen molar-refractivity contribution in [2.75, 3.05) is 24.7 Å². The van der Waals surface area contributed by atoms with Crippen LogP contribution in [0.5, 0.6) is 0 Å². The Morgan fingerprint density at radius 2 is 1.41 bits per heavy atom. The summed E-state index contributed by atoms with van der Waals surface area (Å²) >= 11 is 0. The highest BCUT2D eigenvalue weighted by molar-refractivity contribution is 6.02. The summed E-state index contributed by atoms with van der Waals surface area (Å²) in [6, 6.07) is 14.6. The highest BCUT2D eigenvalue weighted by atomic mass is 16.5. The van der Waals surface area contributed by atoms with Crippen LogP contribution in [-0.2, 0) is 16.1 Å². The topological polar surface area (TPSA) is 87.6 Å². The number of hydrogen-bond donors (Lipinski definition) is 2. The lowest BCUT2D eigenvalue weighted by atomic mass is 9.96. The van der Waals surface area contributed by atoms with Crippen molar-refractivity contribution in [1.29, 1.82) is 0 Å². The first-order valence-electron chi connectivity index (χ1n) is 9.35. The van der Waals surface area contributed by atoms with Crippen molar-refractivity contribution in [3.05, 3.63) is 59.7 Å². The molecule has 0 radical (unpaired) electrons. The number of ketones is 1. The largest absolute Gasteiger partial charge is 0.399 e. The van der Waals surface area contributed by atoms with Gasteiger partial charge in [0.2, 0.25) is 0 Å². The van der Waals surface area contributed by atoms with Crippen LogP contribution < -0.4 is 11.5 Å². The second-order valence-corrected chi connectivity index (χ2v) is 7.16. The maximum absolute atomic E-state index is 12.5. The molecular formula is C22H30N2O3. The zero-order chi connectivity index (χ0) is 19.7. The van der Waals surface area contributed by atoms with Gasteiger partial charge in [-0.2, -0.15) is 0 Å². The minimum Gasteiger partial charge on any atom is -0.399 e. The molecule has 27 heavy (non-hydrogen) atoms. The van der Waals surface area contributed by atoms with Gasteiger partial charge in [0.15, 0.2) is 5.78 Å². The van der Waals surface area contributed by atoms with E-state index in [1.807, 2.05) is 24.3 Å². The summed E-state index contributed by atoms with van der Waals surface area (Å²) in [6.45, 7) is 5.46. The van der Waals surface area contributed by atoms with Crippen LogP contribution in [0.15, 0.2) is 48.5 Å². The molecule has 0 atom stereocenters. The first kappa shape index (κ1) is 20.9. The number of carbonyl (C=O) groups is 1. The van der Waals surface area contributed by atoms with Crippen LogP contribution in [0.1, 0.15) is 49.0 Å². The van der Waals surface area contributed by atoms with E-state index in [1.165, 1.54) is 0 Å². The van der Waals surface area contributed by atoms with E-state index >= 15 is 0 Å². The summed E-state index contributed by atoms with van der Waals surface area (Å²) in [5.74, 6) is -0.0330. The van der Waals surface area contributed by atoms with Crippen LogP contribution >= 0.6 is 0 Å². The minimum absolute atomic E-state index is 0.0330. The van der Waals surface area contributed by atoms with E-state index in [2.05, 4.69) is 0 Å². The number of hydrogen-bond acceptors (Lipinski definition) is 5. The Labute approximate surface area is 161 Å². The van der Waals surface area contributed by atoms with Gasteiger partial charge in [-0.1, -0.05) is 12.1 Å². The molecule has 4 N–H and O–H groups in total. The van der Waals surface area contributed by atoms with Crippen molar-refractivity contribution in [3.63, 3.8) is 0 Å². The third kappa shape index (κ3) is 7.04. The maximum atomic E-state index is 12.5. The molecule has 0 aromatic heterocycles. The molecular weight excluding hydrogens is 340 g/mol. The number of nitrogen functional groups attached to an aromatic ring is 2. The molecule has 146 valence electrons. The van der Waals surface area contributed by atoms with E-state index < -0.39 is 5.60 Å². The third-order valence-corrected chi connectivity index (χ3v) is 4.36. The van der Waals surface area contributed by atoms with Crippen LogP contribution in [0.2, 0.25) is 0 Å². The summed E-state index contributed by atoms with van der Waals surface area (Å²) in [6.07, 6.45) is 2.85. The molecule has 0 aliphatic carbocycles. The van der Waals surface area contributed by atoms with Crippen LogP contribution in [0.25, 0.3) is 0 Å². The van der Waals surface area contributed by atoms with Gasteiger partial charge in [0.05, 0.1) is 6.61 Å². The molecule has 2 rings (SSSR count). The predicted octanol–water partition coefficient (Wildman–Crippen LogP) is 4.22. The molecule has 0 amide bonds. The van der Waals surface area contributed by atoms with E-state index in [-0.39, 0.29) is 5.78 Å². The fraction of sp³-hybridized carbons (Fsp3) is 0.409. The number of Topliss-reactive ketones (excluding diaryl/α,β-unsaturated/α-hetero) is 1. The van der Waals surface area contributed by atoms with Gasteiger partial charge in [-0.3, -0.25) is 4.79 Å². The zero-order valence-corrected chi connectivity index (χ0v) is 16.2. The second-order valence-electron chi connectivity index (χ2n) is 7.16. The van der Waals surface area contributed by atoms with Gasteiger partial charge in [0, 0.05) is 30.2 Å². The Bertz CT molecular complexity index is 709. The quantitative estimate of drug-likeness (QED) is 0.351. The normalized spacial score (nSPS) is 11.5. The monoisotopic (exact) mass is 370 g/mol. The molecule has 2 aromatic carbocycles. The Morgan fingerprint density at radius 3 is 2.04 bits per heavy atom. The van der Waals surface area contributed by atoms with Gasteiger partial charge in [-0.05, 0) is 75.1 Å². The van der Waals surface area contributed by atoms with Gasteiger partial charge in [0.1, 0.15) is 5.60 Å². The van der Waals surface area contributed by atoms with Crippen molar-refractivity contribution in [1.82, 2.24) is 0 Å². The molecule has 0 bridgehead atoms. The van der Waals surface area contributed by atoms with Crippen molar-refractivity contribution in [2.24, 2.45) is 0 Å². The van der Waals surface area contributed by atoms with Gasteiger partial charge in [-0.25, -0.2) is 0 Å². The van der Waals surface area contributed by atoms with E-state index in [9.17, 15) is 4.79 Å². The lowest BCUT2D eigenvalue weighted by Gasteiger charge is -2.24. The highest BCUT2D eigenvalue weighted by Gasteiger charge is 2.29. The molecule has 0 heterocycles. The highest BCUT2D eigenvalue weighted by Crippen LogP contribution is 2.19. The van der Waals surface area contributed by atoms with Crippen LogP contribution in [0.4, 0.5) is 11.4 Å². The van der Waals surface area contributed by atoms with Crippen molar-refractivity contribution < 1.29 is 14.3 Å². The molecule has 0 saturated heterocycles. The van der Waals surface area contributed by atoms with Crippen LogP contribution in [-0.4, -0.2) is 24.6 Å². The zero-order valence-electron chi connectivity index (χ0n) is 16.2. The summed E-state index contributed by atoms with van der Waals surface area (Å²) in [5, 5.41) is 0. The lowest BCUT2D eigenvalue weighted by Crippen LogP contribution is -2.35. The lowest BCUT2D eigenvalue weighted by molar-refractivity contribution is -0.00641. The van der Waals surface area contributed by atoms with Gasteiger partial charge in [0.25, 0.3) is 0 Å². The average molecular weight is 370 g/mol. The van der Waals surface area contributed by atoms with Crippen LogP contribution in [0.3, 0.4) is 0 Å². The summed E-state index contributed by atoms with van der Waals surface area (Å²) < 4.78 is 11.5. The maximum Gasteiger partial charge on any atom is 0.194 e. The number of carbonyl (C=O) groups excluding carboxylic acids is 1. The Hall–Kier alpha value is -2.37. The predicted molar refractivity (Wildman–Crippen MR) is 110 cm³/mol. The minimum atomic E-state index is -0.845. The SMILES string of the molecule is CC(C)(OCCCCCOCc1ccc(N)cc1)C(=O)c1ccc(N)cc1. The van der Waals surface area contributed by atoms with Gasteiger partial charge < -0.3 is 20.9 Å². The fourth-order valence-corrected chi connectivity index (χ4v) is 2.66. The van der Waals surface area contributed by atoms with E-state index in [1.54, 1.807) is 38.1 Å². The van der Waals surface area contributed by atoms with Crippen molar-refractivity contribution >= 4 is 17.2 Å². The Morgan fingerprint density at radius 1 is 0.852 bits per heavy atom. The molecule has 0 saturated carbocycles. The van der Waals surface area contributed by atoms with Crippen LogP contribution in [0, 0.1) is 0 Å². The summed E-state index contributed by atoms with van der Waals surface area (Å²) in [5.41, 5.74) is 13.6. The Balaban J connectivity index is 1.59. The van der Waals surface area contributed by atoms with Gasteiger partial charge in [-0.15, -0.1) is 0 Å². The molecule has 5 heteroatoms. The van der Waals surface area contributed by atoms with E-state index in [0.29, 0.717) is 31.1 Å². The Kier molecular flexibility index (Phi) is 7.82. The van der Waals surface area contributed by atoms with Crippen molar-refractivity contribution in [2.45, 2.75) is 45.3 Å². The van der Waals surface area contributed by atoms with Crippen molar-refractivity contribution in [3.8, 4) is 0 Å². The molecule has 5 nitrogen and oxygen atoms in total. The summed E-state index contributed by atoms with van der Waals surface area (Å²) in [7, 11) is 0. The molecule has 2 aromatic rings. The number of benzene rings is 2. The van der Waals surface area contributed by atoms with E-state index in [4.69, 9.17) is 20.9 Å². The fourth-order valence-electron chi connectivity index (χ4n) is 2.66. The summed E-state index contributed by atoms with van der Waals surface area (Å²) in [4.78, 5) is 12.5. The molecule has 0 fully saturated rings. The molecule has 0 aliphatic heterocycles. The smallest absolute Gasteiger partial charge is 0.194 e. The molecule has 0 aliphatic rings. The first-order chi connectivity index (χ1) is 12.9. The van der Waals surface area contributed by atoms with Gasteiger partial charge >= 0.3 is 0 Å². The number of nitrogens with two attached hydrogens (primary N) is 2. The number of anilines is 2. The average Bonchev–Trinajstić information content (AvgIpc) is 2.65. The first-order valence-corrected chi connectivity index (χ1v) is 9.35. The number of unbranched alkanes of at least 4 members (excludes halogenated alkanes) is 2. The number of ether oxygens (including phenoxy) is 2. The second kappa shape index (κ2) is 10.1. The number of rotatable bonds is 11. The standard InChI is InChI=1S/C22H30N2O3/c1-22(2,21(25)18-8-12-20(24)13-9-18)27-15-5-3-4-14-26-16-17-6-10-19(23)11-7-17/h6-13H,3-5,14-16,23-24H2,1-2H3. The third-order valence-electron chi connectivity index (χ3n) is 4.36. The molecule has 0 spiro atoms. The van der Waals surface area contributed by atoms with E-state index in [0.717, 1.165) is 30.5 Å². The molecule has 0 unspecified atom stereocenters.